The first kappa shape index (κ1) is 13.8. The summed E-state index contributed by atoms with van der Waals surface area (Å²) >= 11 is 0. The number of rotatable bonds is 2. The normalized spacial score (nSPS) is 8.83. The Hall–Kier alpha value is -2.24. The first-order valence-corrected chi connectivity index (χ1v) is 5.13. The van der Waals surface area contributed by atoms with Gasteiger partial charge in [0.2, 0.25) is 0 Å². The van der Waals surface area contributed by atoms with E-state index in [-0.39, 0.29) is 12.4 Å². The summed E-state index contributed by atoms with van der Waals surface area (Å²) in [5.41, 5.74) is 2.17. The Bertz CT molecular complexity index is 553. The minimum absolute atomic E-state index is 0. The van der Waals surface area contributed by atoms with Crippen LogP contribution in [-0.2, 0) is 4.79 Å². The lowest BCUT2D eigenvalue weighted by molar-refractivity contribution is -0.128. The van der Waals surface area contributed by atoms with Gasteiger partial charge in [0.25, 0.3) is 0 Å². The van der Waals surface area contributed by atoms with Gasteiger partial charge in [-0.1, -0.05) is 42.5 Å². The van der Waals surface area contributed by atoms with E-state index in [2.05, 4.69) is 0 Å². The maximum atomic E-state index is 10.9. The molecule has 0 aliphatic carbocycles. The zero-order valence-electron chi connectivity index (χ0n) is 9.50. The van der Waals surface area contributed by atoms with Gasteiger partial charge in [0, 0.05) is 5.92 Å². The highest BCUT2D eigenvalue weighted by atomic mass is 35.5. The minimum Gasteiger partial charge on any atom is -0.417 e. The Morgan fingerprint density at radius 1 is 0.944 bits per heavy atom. The van der Waals surface area contributed by atoms with Gasteiger partial charge in [0.1, 0.15) is 5.75 Å². The van der Waals surface area contributed by atoms with E-state index >= 15 is 0 Å². The predicted octanol–water partition coefficient (Wildman–Crippen LogP) is 3.31. The van der Waals surface area contributed by atoms with Crippen molar-refractivity contribution in [2.75, 3.05) is 0 Å². The lowest BCUT2D eigenvalue weighted by Gasteiger charge is -2.03. The number of esters is 1. The molecule has 0 saturated heterocycles. The summed E-state index contributed by atoms with van der Waals surface area (Å²) in [5.74, 6) is 1.67. The molecule has 0 amide bonds. The van der Waals surface area contributed by atoms with Crippen molar-refractivity contribution in [1.82, 2.24) is 0 Å². The Kier molecular flexibility index (Phi) is 4.98. The molecule has 0 saturated carbocycles. The summed E-state index contributed by atoms with van der Waals surface area (Å²) in [7, 11) is 0. The van der Waals surface area contributed by atoms with E-state index in [0.717, 1.165) is 11.1 Å². The fourth-order valence-electron chi connectivity index (χ4n) is 1.48. The number of halogens is 1. The standard InChI is InChI=1S/C15H10O2.ClH/c1-2-15(16)17-14-10-8-13(9-11-14)12-6-4-3-5-7-12;/h1,3-11H;1H. The highest BCUT2D eigenvalue weighted by molar-refractivity contribution is 5.89. The van der Waals surface area contributed by atoms with Crippen molar-refractivity contribution in [3.8, 4) is 29.2 Å². The number of hydrogen-bond acceptors (Lipinski definition) is 2. The molecule has 0 radical (unpaired) electrons. The third-order valence-electron chi connectivity index (χ3n) is 2.29. The zero-order valence-corrected chi connectivity index (χ0v) is 10.3. The third kappa shape index (κ3) is 3.38. The lowest BCUT2D eigenvalue weighted by Crippen LogP contribution is -2.03. The fraction of sp³-hybridized carbons (Fsp3) is 0. The van der Waals surface area contributed by atoms with E-state index in [9.17, 15) is 4.79 Å². The summed E-state index contributed by atoms with van der Waals surface area (Å²) in [6, 6.07) is 17.2. The van der Waals surface area contributed by atoms with Gasteiger partial charge in [-0.3, -0.25) is 0 Å². The molecule has 3 heteroatoms. The Morgan fingerprint density at radius 3 is 2.06 bits per heavy atom. The van der Waals surface area contributed by atoms with E-state index in [1.54, 1.807) is 12.1 Å². The van der Waals surface area contributed by atoms with E-state index in [0.29, 0.717) is 5.75 Å². The van der Waals surface area contributed by atoms with Gasteiger partial charge in [-0.2, -0.15) is 0 Å². The van der Waals surface area contributed by atoms with Gasteiger partial charge in [0.15, 0.2) is 0 Å². The van der Waals surface area contributed by atoms with Crippen LogP contribution in [0.3, 0.4) is 0 Å². The summed E-state index contributed by atoms with van der Waals surface area (Å²) in [6.45, 7) is 0. The van der Waals surface area contributed by atoms with Crippen molar-refractivity contribution in [2.24, 2.45) is 0 Å². The predicted molar refractivity (Wildman–Crippen MR) is 73.6 cm³/mol. The van der Waals surface area contributed by atoms with Crippen LogP contribution in [0.15, 0.2) is 54.6 Å². The molecule has 2 aromatic rings. The monoisotopic (exact) mass is 258 g/mol. The van der Waals surface area contributed by atoms with Gasteiger partial charge >= 0.3 is 5.97 Å². The van der Waals surface area contributed by atoms with E-state index in [1.165, 1.54) is 0 Å². The molecule has 0 unspecified atom stereocenters. The van der Waals surface area contributed by atoms with Crippen LogP contribution in [-0.4, -0.2) is 5.97 Å². The maximum absolute atomic E-state index is 10.9. The number of carbonyl (C=O) groups is 1. The number of ether oxygens (including phenoxy) is 1. The van der Waals surface area contributed by atoms with Crippen LogP contribution in [0.5, 0.6) is 5.75 Å². The van der Waals surface area contributed by atoms with Crippen LogP contribution < -0.4 is 4.74 Å². The van der Waals surface area contributed by atoms with Crippen molar-refractivity contribution in [1.29, 1.82) is 0 Å². The van der Waals surface area contributed by atoms with Crippen LogP contribution in [0.4, 0.5) is 0 Å². The van der Waals surface area contributed by atoms with Crippen LogP contribution in [0, 0.1) is 12.3 Å². The highest BCUT2D eigenvalue weighted by Crippen LogP contribution is 2.21. The van der Waals surface area contributed by atoms with Gasteiger partial charge in [-0.15, -0.1) is 18.8 Å². The number of hydrogen-bond donors (Lipinski definition) is 0. The molecule has 0 atom stereocenters. The summed E-state index contributed by atoms with van der Waals surface area (Å²) < 4.78 is 4.88. The molecule has 0 fully saturated rings. The number of carbonyl (C=O) groups excluding carboxylic acids is 1. The van der Waals surface area contributed by atoms with Crippen molar-refractivity contribution in [2.45, 2.75) is 0 Å². The van der Waals surface area contributed by atoms with Gasteiger partial charge in [-0.05, 0) is 23.3 Å². The van der Waals surface area contributed by atoms with Crippen LogP contribution >= 0.6 is 12.4 Å². The molecule has 0 bridgehead atoms. The van der Waals surface area contributed by atoms with E-state index < -0.39 is 5.97 Å². The van der Waals surface area contributed by atoms with Crippen molar-refractivity contribution in [3.63, 3.8) is 0 Å². The maximum Gasteiger partial charge on any atom is 0.389 e. The van der Waals surface area contributed by atoms with Crippen LogP contribution in [0.1, 0.15) is 0 Å². The molecule has 90 valence electrons. The molecule has 2 aromatic carbocycles. The average Bonchev–Trinajstić information content (AvgIpc) is 2.40. The fourth-order valence-corrected chi connectivity index (χ4v) is 1.48. The van der Waals surface area contributed by atoms with Crippen molar-refractivity contribution in [3.05, 3.63) is 54.6 Å². The number of terminal acetylenes is 1. The third-order valence-corrected chi connectivity index (χ3v) is 2.29. The average molecular weight is 259 g/mol. The smallest absolute Gasteiger partial charge is 0.389 e. The highest BCUT2D eigenvalue weighted by Gasteiger charge is 2.01. The molecule has 0 aliphatic heterocycles. The van der Waals surface area contributed by atoms with E-state index in [4.69, 9.17) is 11.2 Å². The van der Waals surface area contributed by atoms with Gasteiger partial charge in [-0.25, -0.2) is 4.79 Å². The molecule has 2 nitrogen and oxygen atoms in total. The second kappa shape index (κ2) is 6.48. The quantitative estimate of drug-likeness (QED) is 0.358. The molecular weight excluding hydrogens is 248 g/mol. The van der Waals surface area contributed by atoms with Gasteiger partial charge < -0.3 is 4.74 Å². The summed E-state index contributed by atoms with van der Waals surface area (Å²) in [6.07, 6.45) is 4.92. The summed E-state index contributed by atoms with van der Waals surface area (Å²) in [5, 5.41) is 0. The largest absolute Gasteiger partial charge is 0.417 e. The van der Waals surface area contributed by atoms with Crippen molar-refractivity contribution < 1.29 is 9.53 Å². The second-order valence-corrected chi connectivity index (χ2v) is 3.42. The first-order valence-electron chi connectivity index (χ1n) is 5.13. The molecule has 0 spiro atoms. The topological polar surface area (TPSA) is 26.3 Å². The molecule has 0 heterocycles. The Morgan fingerprint density at radius 2 is 1.50 bits per heavy atom. The SMILES string of the molecule is C#CC(=O)Oc1ccc(-c2ccccc2)cc1.Cl. The molecule has 18 heavy (non-hydrogen) atoms. The van der Waals surface area contributed by atoms with Crippen LogP contribution in [0.25, 0.3) is 11.1 Å². The second-order valence-electron chi connectivity index (χ2n) is 3.42. The molecule has 2 rings (SSSR count). The summed E-state index contributed by atoms with van der Waals surface area (Å²) in [4.78, 5) is 10.9. The first-order chi connectivity index (χ1) is 8.29. The van der Waals surface area contributed by atoms with Crippen molar-refractivity contribution >= 4 is 18.4 Å². The van der Waals surface area contributed by atoms with Gasteiger partial charge in [0.05, 0.1) is 0 Å². The van der Waals surface area contributed by atoms with Crippen LogP contribution in [0.2, 0.25) is 0 Å². The zero-order chi connectivity index (χ0) is 12.1. The Balaban J connectivity index is 0.00000162. The lowest BCUT2D eigenvalue weighted by atomic mass is 10.1. The molecule has 0 N–H and O–H groups in total. The molecule has 0 aromatic heterocycles. The van der Waals surface area contributed by atoms with E-state index in [1.807, 2.05) is 48.4 Å². The number of benzene rings is 2. The molecule has 0 aliphatic rings. The minimum atomic E-state index is -0.683. The Labute approximate surface area is 112 Å². The molecular formula is C15H11ClO2.